The Bertz CT molecular complexity index is 1060. The summed E-state index contributed by atoms with van der Waals surface area (Å²) in [5, 5.41) is 6.90. The van der Waals surface area contributed by atoms with Crippen molar-refractivity contribution in [1.82, 2.24) is 29.6 Å². The molecule has 3 heterocycles. The molecule has 0 unspecified atom stereocenters. The quantitative estimate of drug-likeness (QED) is 0.720. The SMILES string of the molecule is CN(C)C(=O)c1cncc(N2CCC[C@H](c3n[nH]c(=O)n3-c3ccccc3)C2)n1. The number of aromatic amines is 1. The maximum Gasteiger partial charge on any atom is 0.347 e. The van der Waals surface area contributed by atoms with Crippen molar-refractivity contribution < 1.29 is 4.79 Å². The summed E-state index contributed by atoms with van der Waals surface area (Å²) >= 11 is 0. The zero-order chi connectivity index (χ0) is 20.4. The number of H-pyrrole nitrogens is 1. The molecular formula is C20H23N7O2. The summed E-state index contributed by atoms with van der Waals surface area (Å²) < 4.78 is 1.63. The van der Waals surface area contributed by atoms with Crippen molar-refractivity contribution in [2.75, 3.05) is 32.1 Å². The van der Waals surface area contributed by atoms with E-state index in [-0.39, 0.29) is 17.5 Å². The van der Waals surface area contributed by atoms with Gasteiger partial charge in [0.1, 0.15) is 17.3 Å². The average molecular weight is 393 g/mol. The fourth-order valence-electron chi connectivity index (χ4n) is 3.65. The van der Waals surface area contributed by atoms with Crippen molar-refractivity contribution in [3.63, 3.8) is 0 Å². The first-order chi connectivity index (χ1) is 14.0. The number of nitrogens with one attached hydrogen (secondary N) is 1. The van der Waals surface area contributed by atoms with E-state index in [1.807, 2.05) is 30.3 Å². The highest BCUT2D eigenvalue weighted by molar-refractivity contribution is 5.91. The molecule has 1 aliphatic rings. The van der Waals surface area contributed by atoms with Gasteiger partial charge >= 0.3 is 5.69 Å². The second-order valence-electron chi connectivity index (χ2n) is 7.31. The number of hydrogen-bond acceptors (Lipinski definition) is 6. The highest BCUT2D eigenvalue weighted by Crippen LogP contribution is 2.28. The zero-order valence-electron chi connectivity index (χ0n) is 16.4. The number of aromatic nitrogens is 5. The van der Waals surface area contributed by atoms with E-state index in [9.17, 15) is 9.59 Å². The van der Waals surface area contributed by atoms with E-state index in [4.69, 9.17) is 0 Å². The van der Waals surface area contributed by atoms with Crippen molar-refractivity contribution in [3.05, 3.63) is 64.7 Å². The van der Waals surface area contributed by atoms with Gasteiger partial charge < -0.3 is 9.80 Å². The first-order valence-electron chi connectivity index (χ1n) is 9.56. The van der Waals surface area contributed by atoms with Gasteiger partial charge in [0.25, 0.3) is 5.91 Å². The number of carbonyl (C=O) groups is 1. The molecule has 9 heteroatoms. The van der Waals surface area contributed by atoms with Crippen LogP contribution in [0.2, 0.25) is 0 Å². The van der Waals surface area contributed by atoms with E-state index < -0.39 is 0 Å². The summed E-state index contributed by atoms with van der Waals surface area (Å²) in [7, 11) is 3.38. The van der Waals surface area contributed by atoms with Crippen LogP contribution < -0.4 is 10.6 Å². The van der Waals surface area contributed by atoms with Gasteiger partial charge in [0.15, 0.2) is 0 Å². The van der Waals surface area contributed by atoms with Gasteiger partial charge in [0.05, 0.1) is 18.1 Å². The largest absolute Gasteiger partial charge is 0.355 e. The van der Waals surface area contributed by atoms with Crippen LogP contribution in [0.1, 0.15) is 35.1 Å². The van der Waals surface area contributed by atoms with Crippen LogP contribution in [0.25, 0.3) is 5.69 Å². The molecule has 9 nitrogen and oxygen atoms in total. The Hall–Kier alpha value is -3.49. The lowest BCUT2D eigenvalue weighted by Crippen LogP contribution is -2.37. The molecule has 150 valence electrons. The Kier molecular flexibility index (Phi) is 5.11. The molecule has 1 aromatic carbocycles. The lowest BCUT2D eigenvalue weighted by atomic mass is 9.97. The first-order valence-corrected chi connectivity index (χ1v) is 9.56. The van der Waals surface area contributed by atoms with Gasteiger partial charge in [-0.3, -0.25) is 9.78 Å². The van der Waals surface area contributed by atoms with Gasteiger partial charge in [-0.15, -0.1) is 0 Å². The molecule has 1 amide bonds. The van der Waals surface area contributed by atoms with Crippen LogP contribution in [0, 0.1) is 0 Å². The van der Waals surface area contributed by atoms with Crippen LogP contribution in [0.15, 0.2) is 47.5 Å². The number of anilines is 1. The molecule has 1 saturated heterocycles. The molecule has 4 rings (SSSR count). The molecule has 2 aromatic heterocycles. The van der Waals surface area contributed by atoms with Crippen molar-refractivity contribution in [1.29, 1.82) is 0 Å². The standard InChI is InChI=1S/C20H23N7O2/c1-25(2)19(28)16-11-21-12-17(22-16)26-10-6-7-14(13-26)18-23-24-20(29)27(18)15-8-4-3-5-9-15/h3-5,8-9,11-12,14H,6-7,10,13H2,1-2H3,(H,24,29)/t14-/m0/s1. The first kappa shape index (κ1) is 18.9. The molecule has 0 radical (unpaired) electrons. The van der Waals surface area contributed by atoms with Gasteiger partial charge in [0.2, 0.25) is 0 Å². The number of para-hydroxylation sites is 1. The molecule has 29 heavy (non-hydrogen) atoms. The van der Waals surface area contributed by atoms with E-state index in [1.54, 1.807) is 24.9 Å². The van der Waals surface area contributed by atoms with Gasteiger partial charge in [0, 0.05) is 33.1 Å². The smallest absolute Gasteiger partial charge is 0.347 e. The van der Waals surface area contributed by atoms with E-state index >= 15 is 0 Å². The normalized spacial score (nSPS) is 16.6. The second kappa shape index (κ2) is 7.86. The molecule has 0 spiro atoms. The van der Waals surface area contributed by atoms with Crippen molar-refractivity contribution in [2.24, 2.45) is 0 Å². The Morgan fingerprint density at radius 1 is 1.21 bits per heavy atom. The van der Waals surface area contributed by atoms with Crippen LogP contribution in [0.3, 0.4) is 0 Å². The number of hydrogen-bond donors (Lipinski definition) is 1. The predicted octanol–water partition coefficient (Wildman–Crippen LogP) is 1.44. The third kappa shape index (κ3) is 3.75. The number of nitrogens with zero attached hydrogens (tertiary/aromatic N) is 6. The van der Waals surface area contributed by atoms with Crippen LogP contribution in [-0.4, -0.2) is 62.7 Å². The fourth-order valence-corrected chi connectivity index (χ4v) is 3.65. The summed E-state index contributed by atoms with van der Waals surface area (Å²) in [4.78, 5) is 36.9. The number of piperidine rings is 1. The third-order valence-corrected chi connectivity index (χ3v) is 5.07. The molecule has 1 N–H and O–H groups in total. The van der Waals surface area contributed by atoms with Crippen molar-refractivity contribution in [3.8, 4) is 5.69 Å². The van der Waals surface area contributed by atoms with E-state index in [0.717, 1.165) is 25.1 Å². The Balaban J connectivity index is 1.62. The molecule has 1 aliphatic heterocycles. The summed E-state index contributed by atoms with van der Waals surface area (Å²) in [5.41, 5.74) is 0.856. The molecule has 0 aliphatic carbocycles. The lowest BCUT2D eigenvalue weighted by Gasteiger charge is -2.33. The van der Waals surface area contributed by atoms with Crippen LogP contribution in [-0.2, 0) is 0 Å². The van der Waals surface area contributed by atoms with Crippen molar-refractivity contribution >= 4 is 11.7 Å². The lowest BCUT2D eigenvalue weighted by molar-refractivity contribution is 0.0821. The van der Waals surface area contributed by atoms with E-state index in [0.29, 0.717) is 23.9 Å². The highest BCUT2D eigenvalue weighted by atomic mass is 16.2. The Morgan fingerprint density at radius 2 is 2.00 bits per heavy atom. The average Bonchev–Trinajstić information content (AvgIpc) is 3.15. The monoisotopic (exact) mass is 393 g/mol. The summed E-state index contributed by atoms with van der Waals surface area (Å²) in [6.07, 6.45) is 4.99. The summed E-state index contributed by atoms with van der Waals surface area (Å²) in [6, 6.07) is 9.49. The van der Waals surface area contributed by atoms with Crippen LogP contribution in [0.5, 0.6) is 0 Å². The summed E-state index contributed by atoms with van der Waals surface area (Å²) in [5.74, 6) is 1.24. The minimum absolute atomic E-state index is 0.0536. The molecule has 3 aromatic rings. The molecule has 0 saturated carbocycles. The van der Waals surface area contributed by atoms with Gasteiger partial charge in [-0.25, -0.2) is 19.4 Å². The topological polar surface area (TPSA) is 100 Å². The highest BCUT2D eigenvalue weighted by Gasteiger charge is 2.28. The van der Waals surface area contributed by atoms with E-state index in [2.05, 4.69) is 25.1 Å². The fraction of sp³-hybridized carbons (Fsp3) is 0.350. The Morgan fingerprint density at radius 3 is 2.76 bits per heavy atom. The molecule has 0 bridgehead atoms. The van der Waals surface area contributed by atoms with Gasteiger partial charge in [-0.1, -0.05) is 18.2 Å². The number of amides is 1. The number of carbonyl (C=O) groups excluding carboxylic acids is 1. The number of benzene rings is 1. The Labute approximate surface area is 168 Å². The number of rotatable bonds is 4. The van der Waals surface area contributed by atoms with E-state index in [1.165, 1.54) is 11.1 Å². The van der Waals surface area contributed by atoms with Gasteiger partial charge in [-0.2, -0.15) is 5.10 Å². The maximum absolute atomic E-state index is 12.4. The van der Waals surface area contributed by atoms with Gasteiger partial charge in [-0.05, 0) is 25.0 Å². The predicted molar refractivity (Wildman–Crippen MR) is 108 cm³/mol. The maximum atomic E-state index is 12.4. The molecule has 1 fully saturated rings. The summed E-state index contributed by atoms with van der Waals surface area (Å²) in [6.45, 7) is 1.45. The second-order valence-corrected chi connectivity index (χ2v) is 7.31. The third-order valence-electron chi connectivity index (χ3n) is 5.07. The molecular weight excluding hydrogens is 370 g/mol. The molecule has 1 atom stereocenters. The minimum Gasteiger partial charge on any atom is -0.355 e. The zero-order valence-corrected chi connectivity index (χ0v) is 16.4. The van der Waals surface area contributed by atoms with Crippen LogP contribution in [0.4, 0.5) is 5.82 Å². The minimum atomic E-state index is -0.248. The van der Waals surface area contributed by atoms with Crippen LogP contribution >= 0.6 is 0 Å². The van der Waals surface area contributed by atoms with Crippen molar-refractivity contribution in [2.45, 2.75) is 18.8 Å².